The molecule has 0 fully saturated rings. The van der Waals surface area contributed by atoms with E-state index in [9.17, 15) is 0 Å². The molecule has 0 aromatic heterocycles. The molecule has 0 saturated carbocycles. The molecule has 0 saturated heterocycles. The van der Waals surface area contributed by atoms with E-state index >= 15 is 0 Å². The summed E-state index contributed by atoms with van der Waals surface area (Å²) in [5.41, 5.74) is 4.19. The predicted molar refractivity (Wildman–Crippen MR) is 82.8 cm³/mol. The van der Waals surface area contributed by atoms with Gasteiger partial charge >= 0.3 is 21.2 Å². The van der Waals surface area contributed by atoms with Gasteiger partial charge in [0.1, 0.15) is 0 Å². The van der Waals surface area contributed by atoms with Gasteiger partial charge in [0, 0.05) is 5.56 Å². The zero-order chi connectivity index (χ0) is 14.4. The van der Waals surface area contributed by atoms with Crippen molar-refractivity contribution >= 4 is 0 Å². The Kier molecular flexibility index (Phi) is 5.60. The first kappa shape index (κ1) is 15.0. The smallest absolute Gasteiger partial charge is 0.103 e. The summed E-state index contributed by atoms with van der Waals surface area (Å²) in [6, 6.07) is 15.5. The highest BCUT2D eigenvalue weighted by molar-refractivity contribution is 5.30. The molecule has 20 heavy (non-hydrogen) atoms. The van der Waals surface area contributed by atoms with Crippen LogP contribution in [0.3, 0.4) is 0 Å². The van der Waals surface area contributed by atoms with Gasteiger partial charge < -0.3 is 0 Å². The lowest BCUT2D eigenvalue weighted by Crippen LogP contribution is -3.61. The lowest BCUT2D eigenvalue weighted by Gasteiger charge is -2.05. The second-order valence-electron chi connectivity index (χ2n) is 4.76. The first-order chi connectivity index (χ1) is 9.74. The standard InChI is InChI=1S/C19H20I/c1-4-8-16-11-7-13-19(18(16)9-5-2)20-17-12-6-10-15(3)14-17/h4-7,10-14H,1-2,8-9H2,3H3/q+1. The molecule has 102 valence electrons. The quantitative estimate of drug-likeness (QED) is 0.531. The molecule has 0 aliphatic heterocycles. The second kappa shape index (κ2) is 7.44. The van der Waals surface area contributed by atoms with Gasteiger partial charge in [-0.1, -0.05) is 36.4 Å². The first-order valence-corrected chi connectivity index (χ1v) is 8.94. The Labute approximate surface area is 132 Å². The minimum absolute atomic E-state index is 0.132. The van der Waals surface area contributed by atoms with Gasteiger partial charge in [0.25, 0.3) is 0 Å². The maximum Gasteiger partial charge on any atom is 0.358 e. The summed E-state index contributed by atoms with van der Waals surface area (Å²) in [5, 5.41) is 0. The largest absolute Gasteiger partial charge is 0.358 e. The van der Waals surface area contributed by atoms with Crippen LogP contribution < -0.4 is 21.2 Å². The summed E-state index contributed by atoms with van der Waals surface area (Å²) in [4.78, 5) is 0. The van der Waals surface area contributed by atoms with Gasteiger partial charge in [0.15, 0.2) is 7.14 Å². The van der Waals surface area contributed by atoms with Gasteiger partial charge in [-0.05, 0) is 49.1 Å². The van der Waals surface area contributed by atoms with E-state index in [2.05, 4.69) is 62.5 Å². The van der Waals surface area contributed by atoms with Crippen molar-refractivity contribution in [3.63, 3.8) is 0 Å². The Bertz CT molecular complexity index is 611. The van der Waals surface area contributed by atoms with Crippen molar-refractivity contribution in [2.75, 3.05) is 0 Å². The summed E-state index contributed by atoms with van der Waals surface area (Å²) in [7, 11) is 0. The second-order valence-corrected chi connectivity index (χ2v) is 7.70. The molecule has 0 spiro atoms. The Balaban J connectivity index is 2.37. The van der Waals surface area contributed by atoms with Crippen molar-refractivity contribution in [2.24, 2.45) is 0 Å². The number of aryl methyl sites for hydroxylation is 1. The molecule has 2 aromatic carbocycles. The molecule has 2 rings (SSSR count). The van der Waals surface area contributed by atoms with Crippen LogP contribution in [0.1, 0.15) is 16.7 Å². The highest BCUT2D eigenvalue weighted by atomic mass is 127. The van der Waals surface area contributed by atoms with Crippen LogP contribution in [-0.2, 0) is 12.8 Å². The van der Waals surface area contributed by atoms with Gasteiger partial charge in [-0.25, -0.2) is 0 Å². The average Bonchev–Trinajstić information content (AvgIpc) is 2.43. The molecule has 0 N–H and O–H groups in total. The van der Waals surface area contributed by atoms with E-state index in [1.807, 2.05) is 12.2 Å². The molecular formula is C19H20I+. The molecule has 0 bridgehead atoms. The van der Waals surface area contributed by atoms with E-state index in [0.29, 0.717) is 0 Å². The zero-order valence-electron chi connectivity index (χ0n) is 11.9. The highest BCUT2D eigenvalue weighted by Crippen LogP contribution is 2.11. The number of rotatable bonds is 6. The SMILES string of the molecule is C=CCc1cccc([I+]c2cccc(C)c2)c1CC=C. The van der Waals surface area contributed by atoms with Crippen LogP contribution in [-0.4, -0.2) is 0 Å². The van der Waals surface area contributed by atoms with E-state index in [0.717, 1.165) is 12.8 Å². The van der Waals surface area contributed by atoms with Gasteiger partial charge in [0.05, 0.1) is 0 Å². The summed E-state index contributed by atoms with van der Waals surface area (Å²) in [6.45, 7) is 9.93. The number of halogens is 1. The molecular weight excluding hydrogens is 355 g/mol. The summed E-state index contributed by atoms with van der Waals surface area (Å²) < 4.78 is 2.98. The van der Waals surface area contributed by atoms with Gasteiger partial charge in [-0.15, -0.1) is 13.2 Å². The van der Waals surface area contributed by atoms with Crippen molar-refractivity contribution in [1.82, 2.24) is 0 Å². The van der Waals surface area contributed by atoms with Gasteiger partial charge in [-0.3, -0.25) is 0 Å². The van der Waals surface area contributed by atoms with E-state index in [4.69, 9.17) is 0 Å². The van der Waals surface area contributed by atoms with Gasteiger partial charge in [0.2, 0.25) is 0 Å². The molecule has 0 amide bonds. The number of hydrogen-bond donors (Lipinski definition) is 0. The van der Waals surface area contributed by atoms with Crippen LogP contribution in [0.5, 0.6) is 0 Å². The molecule has 0 nitrogen and oxygen atoms in total. The molecule has 0 aliphatic carbocycles. The number of hydrogen-bond acceptors (Lipinski definition) is 0. The van der Waals surface area contributed by atoms with E-state index in [-0.39, 0.29) is 21.2 Å². The highest BCUT2D eigenvalue weighted by Gasteiger charge is 2.21. The van der Waals surface area contributed by atoms with Crippen LogP contribution in [0.4, 0.5) is 0 Å². The monoisotopic (exact) mass is 375 g/mol. The third-order valence-electron chi connectivity index (χ3n) is 3.12. The molecule has 1 heteroatoms. The van der Waals surface area contributed by atoms with Crippen LogP contribution in [0.25, 0.3) is 0 Å². The fourth-order valence-corrected chi connectivity index (χ4v) is 5.18. The van der Waals surface area contributed by atoms with Crippen molar-refractivity contribution in [1.29, 1.82) is 0 Å². The number of allylic oxidation sites excluding steroid dienone is 2. The molecule has 2 aromatic rings. The van der Waals surface area contributed by atoms with Crippen molar-refractivity contribution in [2.45, 2.75) is 19.8 Å². The fraction of sp³-hybridized carbons (Fsp3) is 0.158. The molecule has 0 unspecified atom stereocenters. The number of benzene rings is 2. The summed E-state index contributed by atoms with van der Waals surface area (Å²) in [5.74, 6) is 0. The van der Waals surface area contributed by atoms with Crippen LogP contribution >= 0.6 is 0 Å². The lowest BCUT2D eigenvalue weighted by atomic mass is 10.0. The molecule has 0 radical (unpaired) electrons. The zero-order valence-corrected chi connectivity index (χ0v) is 14.1. The van der Waals surface area contributed by atoms with E-state index in [1.54, 1.807) is 0 Å². The minimum atomic E-state index is -0.132. The maximum atomic E-state index is 3.91. The first-order valence-electron chi connectivity index (χ1n) is 6.78. The summed E-state index contributed by atoms with van der Waals surface area (Å²) >= 11 is -0.132. The topological polar surface area (TPSA) is 0 Å². The normalized spacial score (nSPS) is 10.2. The average molecular weight is 375 g/mol. The van der Waals surface area contributed by atoms with Gasteiger partial charge in [-0.2, -0.15) is 0 Å². The molecule has 0 atom stereocenters. The maximum absolute atomic E-state index is 3.91. The predicted octanol–water partition coefficient (Wildman–Crippen LogP) is 1.58. The lowest BCUT2D eigenvalue weighted by molar-refractivity contribution is -0.598. The Morgan fingerprint density at radius 3 is 2.45 bits per heavy atom. The Morgan fingerprint density at radius 1 is 1.00 bits per heavy atom. The minimum Gasteiger partial charge on any atom is -0.103 e. The third kappa shape index (κ3) is 3.83. The Morgan fingerprint density at radius 2 is 1.75 bits per heavy atom. The van der Waals surface area contributed by atoms with Crippen molar-refractivity contribution in [3.05, 3.63) is 91.6 Å². The molecule has 0 heterocycles. The summed E-state index contributed by atoms with van der Waals surface area (Å²) in [6.07, 6.45) is 5.88. The van der Waals surface area contributed by atoms with Crippen LogP contribution in [0, 0.1) is 14.1 Å². The van der Waals surface area contributed by atoms with Crippen molar-refractivity contribution < 1.29 is 21.2 Å². The Hall–Kier alpha value is -1.35. The third-order valence-corrected chi connectivity index (χ3v) is 6.01. The van der Waals surface area contributed by atoms with E-state index in [1.165, 1.54) is 23.8 Å². The fourth-order valence-electron chi connectivity index (χ4n) is 2.19. The van der Waals surface area contributed by atoms with Crippen LogP contribution in [0.2, 0.25) is 0 Å². The van der Waals surface area contributed by atoms with Crippen molar-refractivity contribution in [3.8, 4) is 0 Å². The van der Waals surface area contributed by atoms with Crippen LogP contribution in [0.15, 0.2) is 67.8 Å². The molecule has 0 aliphatic rings. The van der Waals surface area contributed by atoms with E-state index < -0.39 is 0 Å².